The fourth-order valence-corrected chi connectivity index (χ4v) is 2.12. The van der Waals surface area contributed by atoms with Crippen molar-refractivity contribution in [2.75, 3.05) is 39.8 Å². The van der Waals surface area contributed by atoms with E-state index in [1.165, 1.54) is 45.4 Å². The molecular weight excluding hydrogens is 198 g/mol. The van der Waals surface area contributed by atoms with Crippen LogP contribution in [-0.2, 0) is 0 Å². The van der Waals surface area contributed by atoms with Gasteiger partial charge in [0.25, 0.3) is 0 Å². The van der Waals surface area contributed by atoms with Crippen molar-refractivity contribution in [2.45, 2.75) is 39.2 Å². The lowest BCUT2D eigenvalue weighted by Gasteiger charge is -2.24. The average Bonchev–Trinajstić information content (AvgIpc) is 2.29. The Morgan fingerprint density at radius 2 is 2.25 bits per heavy atom. The van der Waals surface area contributed by atoms with Crippen molar-refractivity contribution in [3.63, 3.8) is 0 Å². The molecule has 1 heterocycles. The topological polar surface area (TPSA) is 27.3 Å². The van der Waals surface area contributed by atoms with Crippen molar-refractivity contribution in [3.8, 4) is 0 Å². The quantitative estimate of drug-likeness (QED) is 0.642. The molecule has 0 bridgehead atoms. The van der Waals surface area contributed by atoms with Gasteiger partial charge >= 0.3 is 0 Å². The summed E-state index contributed by atoms with van der Waals surface area (Å²) in [5.41, 5.74) is 0. The first-order valence-electron chi connectivity index (χ1n) is 6.82. The lowest BCUT2D eigenvalue weighted by Crippen LogP contribution is -2.37. The molecule has 3 heteroatoms. The van der Waals surface area contributed by atoms with E-state index in [1.807, 2.05) is 0 Å². The summed E-state index contributed by atoms with van der Waals surface area (Å²) >= 11 is 0. The minimum atomic E-state index is 0.669. The molecule has 1 unspecified atom stereocenters. The van der Waals surface area contributed by atoms with Crippen molar-refractivity contribution in [1.82, 2.24) is 15.5 Å². The number of hydrogen-bond donors (Lipinski definition) is 2. The van der Waals surface area contributed by atoms with Gasteiger partial charge in [-0.2, -0.15) is 0 Å². The van der Waals surface area contributed by atoms with Crippen LogP contribution in [0, 0.1) is 5.92 Å². The molecule has 0 aromatic carbocycles. The molecule has 2 N–H and O–H groups in total. The lowest BCUT2D eigenvalue weighted by atomic mass is 10.00. The second-order valence-corrected chi connectivity index (χ2v) is 5.34. The number of piperidine rings is 1. The Balaban J connectivity index is 1.91. The van der Waals surface area contributed by atoms with Gasteiger partial charge in [0.1, 0.15) is 0 Å². The van der Waals surface area contributed by atoms with Crippen LogP contribution >= 0.6 is 0 Å². The smallest absolute Gasteiger partial charge is 0.00355 e. The van der Waals surface area contributed by atoms with Crippen molar-refractivity contribution < 1.29 is 0 Å². The van der Waals surface area contributed by atoms with Gasteiger partial charge in [0.2, 0.25) is 0 Å². The van der Waals surface area contributed by atoms with Crippen LogP contribution in [0.25, 0.3) is 0 Å². The molecule has 16 heavy (non-hydrogen) atoms. The zero-order chi connectivity index (χ0) is 11.8. The minimum absolute atomic E-state index is 0.669. The average molecular weight is 227 g/mol. The molecule has 1 rings (SSSR count). The lowest BCUT2D eigenvalue weighted by molar-refractivity contribution is 0.267. The molecule has 1 atom stereocenters. The molecule has 1 aliphatic rings. The van der Waals surface area contributed by atoms with Gasteiger partial charge in [0.05, 0.1) is 0 Å². The monoisotopic (exact) mass is 227 g/mol. The summed E-state index contributed by atoms with van der Waals surface area (Å²) in [5.74, 6) is 0.858. The van der Waals surface area contributed by atoms with E-state index in [0.29, 0.717) is 6.04 Å². The van der Waals surface area contributed by atoms with Crippen LogP contribution in [0.5, 0.6) is 0 Å². The summed E-state index contributed by atoms with van der Waals surface area (Å²) in [6.45, 7) is 10.5. The Labute approximate surface area is 101 Å². The van der Waals surface area contributed by atoms with E-state index in [2.05, 4.69) is 36.4 Å². The normalized spacial score (nSPS) is 21.9. The zero-order valence-electron chi connectivity index (χ0n) is 11.3. The first-order chi connectivity index (χ1) is 7.70. The standard InChI is InChI=1S/C13H29N3/c1-12(2)16(3)9-5-8-15-11-13-6-4-7-14-10-13/h12-15H,4-11H2,1-3H3. The molecular formula is C13H29N3. The van der Waals surface area contributed by atoms with E-state index in [9.17, 15) is 0 Å². The SMILES string of the molecule is CC(C)N(C)CCCNCC1CCCNC1. The number of hydrogen-bond acceptors (Lipinski definition) is 3. The number of nitrogens with zero attached hydrogens (tertiary/aromatic N) is 1. The molecule has 1 saturated heterocycles. The highest BCUT2D eigenvalue weighted by Gasteiger charge is 2.11. The Kier molecular flexibility index (Phi) is 7.01. The largest absolute Gasteiger partial charge is 0.316 e. The molecule has 1 fully saturated rings. The predicted molar refractivity (Wildman–Crippen MR) is 70.8 cm³/mol. The number of rotatable bonds is 7. The van der Waals surface area contributed by atoms with Crippen LogP contribution in [0.15, 0.2) is 0 Å². The van der Waals surface area contributed by atoms with E-state index in [1.54, 1.807) is 0 Å². The maximum absolute atomic E-state index is 3.58. The maximum atomic E-state index is 3.58. The first kappa shape index (κ1) is 13.9. The van der Waals surface area contributed by atoms with E-state index >= 15 is 0 Å². The van der Waals surface area contributed by atoms with E-state index in [0.717, 1.165) is 12.5 Å². The molecule has 0 amide bonds. The van der Waals surface area contributed by atoms with E-state index < -0.39 is 0 Å². The molecule has 0 saturated carbocycles. The molecule has 1 aliphatic heterocycles. The summed E-state index contributed by atoms with van der Waals surface area (Å²) in [7, 11) is 2.20. The van der Waals surface area contributed by atoms with Crippen molar-refractivity contribution in [1.29, 1.82) is 0 Å². The Bertz CT molecular complexity index is 165. The summed E-state index contributed by atoms with van der Waals surface area (Å²) in [4.78, 5) is 2.41. The first-order valence-corrected chi connectivity index (χ1v) is 6.82. The summed E-state index contributed by atoms with van der Waals surface area (Å²) in [5, 5.41) is 7.04. The molecule has 0 radical (unpaired) electrons. The van der Waals surface area contributed by atoms with E-state index in [-0.39, 0.29) is 0 Å². The molecule has 0 spiro atoms. The van der Waals surface area contributed by atoms with Gasteiger partial charge in [-0.1, -0.05) is 0 Å². The molecule has 0 aliphatic carbocycles. The number of nitrogens with one attached hydrogen (secondary N) is 2. The third-order valence-corrected chi connectivity index (χ3v) is 3.58. The van der Waals surface area contributed by atoms with Crippen LogP contribution in [-0.4, -0.2) is 50.7 Å². The molecule has 3 nitrogen and oxygen atoms in total. The van der Waals surface area contributed by atoms with Crippen LogP contribution < -0.4 is 10.6 Å². The van der Waals surface area contributed by atoms with Crippen LogP contribution in [0.2, 0.25) is 0 Å². The van der Waals surface area contributed by atoms with Gasteiger partial charge in [-0.3, -0.25) is 0 Å². The van der Waals surface area contributed by atoms with Crippen molar-refractivity contribution in [3.05, 3.63) is 0 Å². The highest BCUT2D eigenvalue weighted by molar-refractivity contribution is 4.71. The summed E-state index contributed by atoms with van der Waals surface area (Å²) < 4.78 is 0. The third kappa shape index (κ3) is 5.83. The van der Waals surface area contributed by atoms with Crippen molar-refractivity contribution in [2.24, 2.45) is 5.92 Å². The summed E-state index contributed by atoms with van der Waals surface area (Å²) in [6.07, 6.45) is 4.00. The second-order valence-electron chi connectivity index (χ2n) is 5.34. The Morgan fingerprint density at radius 1 is 1.44 bits per heavy atom. The van der Waals surface area contributed by atoms with E-state index in [4.69, 9.17) is 0 Å². The highest BCUT2D eigenvalue weighted by atomic mass is 15.1. The summed E-state index contributed by atoms with van der Waals surface area (Å²) in [6, 6.07) is 0.669. The molecule has 96 valence electrons. The Hall–Kier alpha value is -0.120. The van der Waals surface area contributed by atoms with Gasteiger partial charge in [-0.05, 0) is 78.8 Å². The van der Waals surface area contributed by atoms with Crippen LogP contribution in [0.1, 0.15) is 33.1 Å². The van der Waals surface area contributed by atoms with Gasteiger partial charge in [-0.25, -0.2) is 0 Å². The molecule has 0 aromatic rings. The van der Waals surface area contributed by atoms with Gasteiger partial charge < -0.3 is 15.5 Å². The Morgan fingerprint density at radius 3 is 2.88 bits per heavy atom. The highest BCUT2D eigenvalue weighted by Crippen LogP contribution is 2.07. The van der Waals surface area contributed by atoms with Crippen LogP contribution in [0.3, 0.4) is 0 Å². The van der Waals surface area contributed by atoms with Gasteiger partial charge in [-0.15, -0.1) is 0 Å². The fraction of sp³-hybridized carbons (Fsp3) is 1.00. The third-order valence-electron chi connectivity index (χ3n) is 3.58. The molecule has 0 aromatic heterocycles. The van der Waals surface area contributed by atoms with Crippen molar-refractivity contribution >= 4 is 0 Å². The van der Waals surface area contributed by atoms with Gasteiger partial charge in [0, 0.05) is 6.04 Å². The fourth-order valence-electron chi connectivity index (χ4n) is 2.12. The maximum Gasteiger partial charge on any atom is 0.00355 e. The minimum Gasteiger partial charge on any atom is -0.316 e. The second kappa shape index (κ2) is 8.04. The van der Waals surface area contributed by atoms with Crippen LogP contribution in [0.4, 0.5) is 0 Å². The zero-order valence-corrected chi connectivity index (χ0v) is 11.3. The van der Waals surface area contributed by atoms with Gasteiger partial charge in [0.15, 0.2) is 0 Å². The predicted octanol–water partition coefficient (Wildman–Crippen LogP) is 1.31.